The lowest BCUT2D eigenvalue weighted by atomic mass is 10.1. The number of nitriles is 1. The normalized spacial score (nSPS) is 10.0. The van der Waals surface area contributed by atoms with Crippen LogP contribution in [-0.4, -0.2) is 13.2 Å². The van der Waals surface area contributed by atoms with E-state index in [1.54, 1.807) is 18.2 Å². The molecule has 0 saturated carbocycles. The third-order valence-corrected chi connectivity index (χ3v) is 3.59. The molecule has 0 aromatic heterocycles. The van der Waals surface area contributed by atoms with Crippen LogP contribution in [0.3, 0.4) is 0 Å². The molecule has 0 aliphatic rings. The van der Waals surface area contributed by atoms with Gasteiger partial charge in [-0.25, -0.2) is 0 Å². The first-order valence-electron chi connectivity index (χ1n) is 6.62. The Morgan fingerprint density at radius 3 is 2.24 bits per heavy atom. The van der Waals surface area contributed by atoms with E-state index in [9.17, 15) is 0 Å². The summed E-state index contributed by atoms with van der Waals surface area (Å²) in [5.74, 6) is 1.45. The van der Waals surface area contributed by atoms with Crippen molar-refractivity contribution in [2.45, 2.75) is 13.8 Å². The van der Waals surface area contributed by atoms with Crippen LogP contribution in [0.1, 0.15) is 16.7 Å². The molecule has 4 heteroatoms. The molecule has 0 saturated heterocycles. The van der Waals surface area contributed by atoms with E-state index in [0.29, 0.717) is 24.5 Å². The average molecular weight is 302 g/mol. The lowest BCUT2D eigenvalue weighted by Crippen LogP contribution is -2.09. The van der Waals surface area contributed by atoms with Crippen molar-refractivity contribution in [2.24, 2.45) is 0 Å². The zero-order valence-electron chi connectivity index (χ0n) is 12.0. The van der Waals surface area contributed by atoms with E-state index in [-0.39, 0.29) is 0 Å². The molecule has 0 aliphatic heterocycles. The van der Waals surface area contributed by atoms with E-state index in [0.717, 1.165) is 21.9 Å². The molecule has 2 rings (SSSR count). The number of halogens is 1. The van der Waals surface area contributed by atoms with E-state index >= 15 is 0 Å². The third kappa shape index (κ3) is 4.14. The molecule has 0 unspecified atom stereocenters. The van der Waals surface area contributed by atoms with Crippen LogP contribution in [0.5, 0.6) is 11.5 Å². The van der Waals surface area contributed by atoms with Crippen molar-refractivity contribution in [1.29, 1.82) is 5.26 Å². The minimum atomic E-state index is 0.412. The van der Waals surface area contributed by atoms with Crippen molar-refractivity contribution in [3.63, 3.8) is 0 Å². The molecule has 0 N–H and O–H groups in total. The van der Waals surface area contributed by atoms with Gasteiger partial charge in [0.15, 0.2) is 0 Å². The summed E-state index contributed by atoms with van der Waals surface area (Å²) in [7, 11) is 0. The number of nitrogens with zero attached hydrogens (tertiary/aromatic N) is 1. The maximum atomic E-state index is 8.82. The summed E-state index contributed by atoms with van der Waals surface area (Å²) in [5.41, 5.74) is 2.57. The van der Waals surface area contributed by atoms with Crippen LogP contribution in [0.2, 0.25) is 5.02 Å². The van der Waals surface area contributed by atoms with E-state index in [4.69, 9.17) is 26.3 Å². The largest absolute Gasteiger partial charge is 0.490 e. The zero-order chi connectivity index (χ0) is 15.2. The van der Waals surface area contributed by atoms with Crippen LogP contribution in [0.15, 0.2) is 36.4 Å². The molecule has 0 aliphatic carbocycles. The second-order valence-electron chi connectivity index (χ2n) is 4.71. The van der Waals surface area contributed by atoms with Gasteiger partial charge >= 0.3 is 0 Å². The Morgan fingerprint density at radius 1 is 1.00 bits per heavy atom. The van der Waals surface area contributed by atoms with Gasteiger partial charge < -0.3 is 9.47 Å². The predicted octanol–water partition coefficient (Wildman–Crippen LogP) is 4.29. The highest BCUT2D eigenvalue weighted by Gasteiger charge is 2.03. The van der Waals surface area contributed by atoms with Crippen molar-refractivity contribution < 1.29 is 9.47 Å². The van der Waals surface area contributed by atoms with Gasteiger partial charge in [0.2, 0.25) is 0 Å². The van der Waals surface area contributed by atoms with Crippen molar-refractivity contribution in [3.05, 3.63) is 58.1 Å². The minimum Gasteiger partial charge on any atom is -0.490 e. The van der Waals surface area contributed by atoms with Gasteiger partial charge in [-0.15, -0.1) is 0 Å². The highest BCUT2D eigenvalue weighted by molar-refractivity contribution is 6.32. The number of rotatable bonds is 5. The fraction of sp³-hybridized carbons (Fsp3) is 0.235. The van der Waals surface area contributed by atoms with Crippen LogP contribution in [0, 0.1) is 25.2 Å². The molecule has 2 aromatic rings. The van der Waals surface area contributed by atoms with Crippen LogP contribution in [0.25, 0.3) is 0 Å². The Hall–Kier alpha value is -2.18. The first-order chi connectivity index (χ1) is 10.1. The van der Waals surface area contributed by atoms with Gasteiger partial charge in [-0.3, -0.25) is 0 Å². The van der Waals surface area contributed by atoms with Gasteiger partial charge in [-0.05, 0) is 55.3 Å². The van der Waals surface area contributed by atoms with Crippen LogP contribution in [-0.2, 0) is 0 Å². The number of benzene rings is 2. The summed E-state index contributed by atoms with van der Waals surface area (Å²) in [4.78, 5) is 0. The molecule has 0 radical (unpaired) electrons. The van der Waals surface area contributed by atoms with Crippen LogP contribution < -0.4 is 9.47 Å². The molecule has 0 amide bonds. The molecule has 0 fully saturated rings. The van der Waals surface area contributed by atoms with Crippen molar-refractivity contribution in [1.82, 2.24) is 0 Å². The van der Waals surface area contributed by atoms with Crippen molar-refractivity contribution >= 4 is 11.6 Å². The molecule has 108 valence electrons. The SMILES string of the molecule is Cc1cc(OCCOc2cccc(C#N)c2)cc(C)c1Cl. The lowest BCUT2D eigenvalue weighted by Gasteiger charge is -2.11. The van der Waals surface area contributed by atoms with Crippen molar-refractivity contribution in [2.75, 3.05) is 13.2 Å². The second-order valence-corrected chi connectivity index (χ2v) is 5.09. The number of hydrogen-bond donors (Lipinski definition) is 0. The Morgan fingerprint density at radius 2 is 1.62 bits per heavy atom. The fourth-order valence-electron chi connectivity index (χ4n) is 1.96. The summed E-state index contributed by atoms with van der Waals surface area (Å²) in [6.07, 6.45) is 0. The monoisotopic (exact) mass is 301 g/mol. The van der Waals surface area contributed by atoms with E-state index in [1.807, 2.05) is 32.0 Å². The Balaban J connectivity index is 1.86. The van der Waals surface area contributed by atoms with E-state index in [1.165, 1.54) is 0 Å². The van der Waals surface area contributed by atoms with Gasteiger partial charge in [-0.1, -0.05) is 17.7 Å². The number of ether oxygens (including phenoxy) is 2. The highest BCUT2D eigenvalue weighted by Crippen LogP contribution is 2.25. The van der Waals surface area contributed by atoms with Gasteiger partial charge in [0, 0.05) is 5.02 Å². The Bertz CT molecular complexity index is 654. The summed E-state index contributed by atoms with van der Waals surface area (Å²) in [6.45, 7) is 4.74. The molecule has 0 heterocycles. The maximum Gasteiger partial charge on any atom is 0.122 e. The topological polar surface area (TPSA) is 42.2 Å². The second kappa shape index (κ2) is 7.01. The lowest BCUT2D eigenvalue weighted by molar-refractivity contribution is 0.217. The Kier molecular flexibility index (Phi) is 5.08. The first kappa shape index (κ1) is 15.2. The zero-order valence-corrected chi connectivity index (χ0v) is 12.8. The molecular weight excluding hydrogens is 286 g/mol. The van der Waals surface area contributed by atoms with Crippen LogP contribution >= 0.6 is 11.6 Å². The summed E-state index contributed by atoms with van der Waals surface area (Å²) in [6, 6.07) is 12.9. The summed E-state index contributed by atoms with van der Waals surface area (Å²) in [5, 5.41) is 9.59. The van der Waals surface area contributed by atoms with Crippen molar-refractivity contribution in [3.8, 4) is 17.6 Å². The highest BCUT2D eigenvalue weighted by atomic mass is 35.5. The predicted molar refractivity (Wildman–Crippen MR) is 83.1 cm³/mol. The van der Waals surface area contributed by atoms with Gasteiger partial charge in [-0.2, -0.15) is 5.26 Å². The standard InChI is InChI=1S/C17H16ClNO2/c1-12-8-16(9-13(2)17(12)18)21-7-6-20-15-5-3-4-14(10-15)11-19/h3-5,8-10H,6-7H2,1-2H3. The van der Waals surface area contributed by atoms with Gasteiger partial charge in [0.25, 0.3) is 0 Å². The molecule has 2 aromatic carbocycles. The molecule has 0 atom stereocenters. The minimum absolute atomic E-state index is 0.412. The Labute approximate surface area is 129 Å². The van der Waals surface area contributed by atoms with Gasteiger partial charge in [0.1, 0.15) is 24.7 Å². The van der Waals surface area contributed by atoms with E-state index in [2.05, 4.69) is 6.07 Å². The maximum absolute atomic E-state index is 8.82. The average Bonchev–Trinajstić information content (AvgIpc) is 2.49. The van der Waals surface area contributed by atoms with Crippen LogP contribution in [0.4, 0.5) is 0 Å². The summed E-state index contributed by atoms with van der Waals surface area (Å²) >= 11 is 6.11. The molecule has 21 heavy (non-hydrogen) atoms. The molecule has 3 nitrogen and oxygen atoms in total. The summed E-state index contributed by atoms with van der Waals surface area (Å²) < 4.78 is 11.2. The van der Waals surface area contributed by atoms with E-state index < -0.39 is 0 Å². The number of aryl methyl sites for hydroxylation is 2. The molecule has 0 spiro atoms. The van der Waals surface area contributed by atoms with Gasteiger partial charge in [0.05, 0.1) is 11.6 Å². The smallest absolute Gasteiger partial charge is 0.122 e. The molecular formula is C17H16ClNO2. The first-order valence-corrected chi connectivity index (χ1v) is 7.00. The molecule has 0 bridgehead atoms. The number of hydrogen-bond acceptors (Lipinski definition) is 3. The third-order valence-electron chi connectivity index (χ3n) is 2.99. The quantitative estimate of drug-likeness (QED) is 0.774. The fourth-order valence-corrected chi connectivity index (χ4v) is 2.07.